The van der Waals surface area contributed by atoms with Crippen molar-refractivity contribution in [1.29, 1.82) is 0 Å². The molecule has 12 nitrogen and oxygen atoms in total. The summed E-state index contributed by atoms with van der Waals surface area (Å²) >= 11 is 0. The average molecular weight is 502 g/mol. The van der Waals surface area contributed by atoms with Gasteiger partial charge in [-0.25, -0.2) is 0 Å². The molecule has 0 atom stereocenters. The molecule has 188 valence electrons. The van der Waals surface area contributed by atoms with E-state index < -0.39 is 0 Å². The molecule has 0 radical (unpaired) electrons. The minimum absolute atomic E-state index is 0.0620. The molecule has 6 rings (SSSR count). The lowest BCUT2D eigenvalue weighted by molar-refractivity contribution is -0.0192. The maximum absolute atomic E-state index is 12.6. The Bertz CT molecular complexity index is 1570. The Labute approximate surface area is 210 Å². The molecule has 4 aromatic heterocycles. The van der Waals surface area contributed by atoms with Crippen LogP contribution in [-0.2, 0) is 22.7 Å². The highest BCUT2D eigenvalue weighted by Crippen LogP contribution is 2.29. The van der Waals surface area contributed by atoms with Gasteiger partial charge < -0.3 is 23.6 Å². The summed E-state index contributed by atoms with van der Waals surface area (Å²) < 4.78 is 23.3. The third-order valence-electron chi connectivity index (χ3n) is 6.20. The zero-order valence-electron chi connectivity index (χ0n) is 20.2. The van der Waals surface area contributed by atoms with Crippen LogP contribution in [-0.4, -0.2) is 74.2 Å². The first kappa shape index (κ1) is 23.0. The monoisotopic (exact) mass is 501 g/mol. The number of aromatic nitrogens is 6. The maximum Gasteiger partial charge on any atom is 0.255 e. The molecular weight excluding hydrogens is 478 g/mol. The number of likely N-dealkylation sites (tertiary alicyclic amines) is 1. The number of carbonyl (C=O) groups is 1. The fourth-order valence-corrected chi connectivity index (χ4v) is 4.16. The SMILES string of the molecule is COCc1cc(-c2nnc3c4ccccc4c(OCc4ccc(C(=O)N5CC(OC)C5)cn4)nn23)no1. The first-order chi connectivity index (χ1) is 18.1. The van der Waals surface area contributed by atoms with Gasteiger partial charge >= 0.3 is 0 Å². The molecule has 12 heteroatoms. The van der Waals surface area contributed by atoms with Crippen LogP contribution < -0.4 is 4.74 Å². The van der Waals surface area contributed by atoms with Crippen LogP contribution in [0.5, 0.6) is 5.88 Å². The normalized spacial score (nSPS) is 13.8. The van der Waals surface area contributed by atoms with Crippen molar-refractivity contribution in [1.82, 2.24) is 34.9 Å². The summed E-state index contributed by atoms with van der Waals surface area (Å²) in [6.45, 7) is 1.63. The number of ether oxygens (including phenoxy) is 3. The van der Waals surface area contributed by atoms with Crippen molar-refractivity contribution in [2.45, 2.75) is 19.3 Å². The Balaban J connectivity index is 1.26. The van der Waals surface area contributed by atoms with E-state index in [1.165, 1.54) is 0 Å². The van der Waals surface area contributed by atoms with Crippen LogP contribution in [0.1, 0.15) is 21.8 Å². The molecule has 5 aromatic rings. The molecule has 0 unspecified atom stereocenters. The molecule has 0 saturated carbocycles. The fraction of sp³-hybridized carbons (Fsp3) is 0.280. The van der Waals surface area contributed by atoms with E-state index in [-0.39, 0.29) is 25.2 Å². The molecule has 1 aliphatic heterocycles. The minimum Gasteiger partial charge on any atom is -0.470 e. The minimum atomic E-state index is -0.0620. The zero-order valence-corrected chi connectivity index (χ0v) is 20.2. The number of nitrogens with zero attached hydrogens (tertiary/aromatic N) is 7. The van der Waals surface area contributed by atoms with Gasteiger partial charge in [-0.3, -0.25) is 9.78 Å². The third kappa shape index (κ3) is 4.26. The molecule has 5 heterocycles. The predicted molar refractivity (Wildman–Crippen MR) is 130 cm³/mol. The standard InChI is InChI=1S/C25H23N7O5/c1-34-14-17-9-21(30-37-17)23-28-27-22-19-5-3-4-6-20(19)24(29-32(22)23)36-13-16-8-7-15(10-26-16)25(33)31-11-18(12-31)35-2/h3-10,18H,11-14H2,1-2H3. The van der Waals surface area contributed by atoms with Gasteiger partial charge in [0.2, 0.25) is 11.7 Å². The maximum atomic E-state index is 12.6. The lowest BCUT2D eigenvalue weighted by Crippen LogP contribution is -2.54. The number of amides is 1. The number of pyridine rings is 1. The molecule has 1 aliphatic rings. The van der Waals surface area contributed by atoms with Crippen LogP contribution in [0.2, 0.25) is 0 Å². The third-order valence-corrected chi connectivity index (χ3v) is 6.20. The van der Waals surface area contributed by atoms with Crippen molar-refractivity contribution < 1.29 is 23.5 Å². The van der Waals surface area contributed by atoms with Gasteiger partial charge in [0.15, 0.2) is 17.1 Å². The van der Waals surface area contributed by atoms with Crippen molar-refractivity contribution >= 4 is 22.3 Å². The molecule has 1 aromatic carbocycles. The summed E-state index contributed by atoms with van der Waals surface area (Å²) in [6.07, 6.45) is 1.67. The van der Waals surface area contributed by atoms with Gasteiger partial charge in [0.1, 0.15) is 13.2 Å². The van der Waals surface area contributed by atoms with Gasteiger partial charge in [-0.15, -0.1) is 15.3 Å². The molecule has 37 heavy (non-hydrogen) atoms. The van der Waals surface area contributed by atoms with E-state index in [9.17, 15) is 4.79 Å². The van der Waals surface area contributed by atoms with Crippen molar-refractivity contribution in [2.24, 2.45) is 0 Å². The summed E-state index contributed by atoms with van der Waals surface area (Å²) in [4.78, 5) is 18.7. The molecule has 0 N–H and O–H groups in total. The van der Waals surface area contributed by atoms with Crippen LogP contribution in [0.3, 0.4) is 0 Å². The van der Waals surface area contributed by atoms with E-state index >= 15 is 0 Å². The van der Waals surface area contributed by atoms with Gasteiger partial charge in [-0.2, -0.15) is 4.52 Å². The lowest BCUT2D eigenvalue weighted by atomic mass is 10.1. The van der Waals surface area contributed by atoms with E-state index in [0.29, 0.717) is 53.2 Å². The van der Waals surface area contributed by atoms with Crippen LogP contribution in [0.25, 0.3) is 27.9 Å². The van der Waals surface area contributed by atoms with E-state index in [1.54, 1.807) is 48.0 Å². The van der Waals surface area contributed by atoms with E-state index in [0.717, 1.165) is 10.8 Å². The van der Waals surface area contributed by atoms with E-state index in [1.807, 2.05) is 24.3 Å². The molecular formula is C25H23N7O5. The average Bonchev–Trinajstić information content (AvgIpc) is 3.54. The van der Waals surface area contributed by atoms with Crippen LogP contribution in [0, 0.1) is 0 Å². The van der Waals surface area contributed by atoms with Gasteiger partial charge in [0, 0.05) is 50.3 Å². The second-order valence-electron chi connectivity index (χ2n) is 8.62. The molecule has 1 amide bonds. The van der Waals surface area contributed by atoms with Crippen molar-refractivity contribution in [3.63, 3.8) is 0 Å². The zero-order chi connectivity index (χ0) is 25.4. The first-order valence-corrected chi connectivity index (χ1v) is 11.6. The van der Waals surface area contributed by atoms with Crippen LogP contribution in [0.15, 0.2) is 53.2 Å². The molecule has 0 bridgehead atoms. The Hall–Kier alpha value is -4.42. The smallest absolute Gasteiger partial charge is 0.255 e. The molecule has 1 fully saturated rings. The van der Waals surface area contributed by atoms with Crippen molar-refractivity contribution in [3.8, 4) is 17.4 Å². The number of fused-ring (bicyclic) bond motifs is 3. The molecule has 0 spiro atoms. The Kier molecular flexibility index (Phi) is 5.94. The highest BCUT2D eigenvalue weighted by atomic mass is 16.5. The number of hydrogen-bond acceptors (Lipinski definition) is 10. The summed E-state index contributed by atoms with van der Waals surface area (Å²) in [5.74, 6) is 1.30. The van der Waals surface area contributed by atoms with Crippen LogP contribution >= 0.6 is 0 Å². The number of hydrogen-bond donors (Lipinski definition) is 0. The van der Waals surface area contributed by atoms with Crippen molar-refractivity contribution in [2.75, 3.05) is 27.3 Å². The van der Waals surface area contributed by atoms with Gasteiger partial charge in [-0.05, 0) is 18.2 Å². The highest BCUT2D eigenvalue weighted by Gasteiger charge is 2.31. The molecule has 0 aliphatic carbocycles. The summed E-state index contributed by atoms with van der Waals surface area (Å²) in [6, 6.07) is 12.9. The first-order valence-electron chi connectivity index (χ1n) is 11.6. The quantitative estimate of drug-likeness (QED) is 0.313. The van der Waals surface area contributed by atoms with E-state index in [4.69, 9.17) is 18.7 Å². The summed E-state index contributed by atoms with van der Waals surface area (Å²) in [5, 5.41) is 19.0. The van der Waals surface area contributed by atoms with Gasteiger partial charge in [0.25, 0.3) is 5.91 Å². The summed E-state index contributed by atoms with van der Waals surface area (Å²) in [5.41, 5.74) is 2.23. The Morgan fingerprint density at radius 2 is 1.92 bits per heavy atom. The van der Waals surface area contributed by atoms with E-state index in [2.05, 4.69) is 25.4 Å². The number of benzene rings is 1. The fourth-order valence-electron chi connectivity index (χ4n) is 4.16. The summed E-state index contributed by atoms with van der Waals surface area (Å²) in [7, 11) is 3.23. The van der Waals surface area contributed by atoms with Crippen molar-refractivity contribution in [3.05, 3.63) is 65.7 Å². The van der Waals surface area contributed by atoms with Crippen LogP contribution in [0.4, 0.5) is 0 Å². The predicted octanol–water partition coefficient (Wildman–Crippen LogP) is 2.52. The largest absolute Gasteiger partial charge is 0.470 e. The lowest BCUT2D eigenvalue weighted by Gasteiger charge is -2.38. The topological polar surface area (TPSA) is 130 Å². The number of carbonyl (C=O) groups excluding carboxylic acids is 1. The Morgan fingerprint density at radius 1 is 1.08 bits per heavy atom. The van der Waals surface area contributed by atoms with Gasteiger partial charge in [-0.1, -0.05) is 23.4 Å². The Morgan fingerprint density at radius 3 is 2.68 bits per heavy atom. The van der Waals surface area contributed by atoms with Gasteiger partial charge in [0.05, 0.1) is 17.4 Å². The highest BCUT2D eigenvalue weighted by molar-refractivity contribution is 5.97. The number of methoxy groups -OCH3 is 2. The number of rotatable bonds is 8. The second-order valence-corrected chi connectivity index (χ2v) is 8.62. The second kappa shape index (κ2) is 9.56. The molecule has 1 saturated heterocycles.